The molecule has 0 amide bonds. The molecule has 17 heavy (non-hydrogen) atoms. The Kier molecular flexibility index (Phi) is 3.89. The predicted molar refractivity (Wildman–Crippen MR) is 69.5 cm³/mol. The van der Waals surface area contributed by atoms with Crippen LogP contribution in [0.5, 0.6) is 5.75 Å². The van der Waals surface area contributed by atoms with Crippen molar-refractivity contribution in [2.24, 2.45) is 0 Å². The summed E-state index contributed by atoms with van der Waals surface area (Å²) in [6.07, 6.45) is 5.70. The van der Waals surface area contributed by atoms with Crippen molar-refractivity contribution in [3.05, 3.63) is 24.3 Å². The van der Waals surface area contributed by atoms with Crippen molar-refractivity contribution < 1.29 is 9.84 Å². The van der Waals surface area contributed by atoms with E-state index in [1.807, 2.05) is 24.3 Å². The van der Waals surface area contributed by atoms with Gasteiger partial charge in [0.25, 0.3) is 0 Å². The number of ether oxygens (including phenoxy) is 1. The Morgan fingerprint density at radius 2 is 1.94 bits per heavy atom. The smallest absolute Gasteiger partial charge is 0.141 e. The molecule has 0 spiro atoms. The van der Waals surface area contributed by atoms with Crippen LogP contribution in [0.25, 0.3) is 0 Å². The molecule has 1 fully saturated rings. The standard InChI is InChI=1S/C14H21NO2/c1-17-13-8-4-3-7-12(13)15-14(11-16)9-5-2-6-10-14/h3-4,7-8,15-16H,2,5-6,9-11H2,1H3. The van der Waals surface area contributed by atoms with Gasteiger partial charge in [-0.3, -0.25) is 0 Å². The van der Waals surface area contributed by atoms with Crippen LogP contribution in [0, 0.1) is 0 Å². The Morgan fingerprint density at radius 3 is 2.59 bits per heavy atom. The maximum absolute atomic E-state index is 9.66. The van der Waals surface area contributed by atoms with E-state index < -0.39 is 0 Å². The lowest BCUT2D eigenvalue weighted by Crippen LogP contribution is -2.43. The van der Waals surface area contributed by atoms with Gasteiger partial charge < -0.3 is 15.2 Å². The van der Waals surface area contributed by atoms with Gasteiger partial charge in [0.05, 0.1) is 24.9 Å². The molecule has 94 valence electrons. The summed E-state index contributed by atoms with van der Waals surface area (Å²) >= 11 is 0. The van der Waals surface area contributed by atoms with Crippen molar-refractivity contribution in [1.82, 2.24) is 0 Å². The molecule has 0 bridgehead atoms. The second-order valence-corrected chi connectivity index (χ2v) is 4.82. The first-order valence-corrected chi connectivity index (χ1v) is 6.32. The van der Waals surface area contributed by atoms with Crippen LogP contribution in [0.1, 0.15) is 32.1 Å². The van der Waals surface area contributed by atoms with Crippen molar-refractivity contribution in [3.8, 4) is 5.75 Å². The number of benzene rings is 1. The minimum atomic E-state index is -0.160. The van der Waals surface area contributed by atoms with E-state index >= 15 is 0 Å². The molecule has 2 rings (SSSR count). The van der Waals surface area contributed by atoms with Crippen molar-refractivity contribution >= 4 is 5.69 Å². The van der Waals surface area contributed by atoms with E-state index in [1.165, 1.54) is 19.3 Å². The van der Waals surface area contributed by atoms with E-state index in [1.54, 1.807) is 7.11 Å². The third-order valence-electron chi connectivity index (χ3n) is 3.62. The molecule has 1 aliphatic carbocycles. The van der Waals surface area contributed by atoms with Crippen molar-refractivity contribution in [2.45, 2.75) is 37.6 Å². The van der Waals surface area contributed by atoms with Crippen molar-refractivity contribution in [2.75, 3.05) is 19.0 Å². The van der Waals surface area contributed by atoms with Gasteiger partial charge in [-0.15, -0.1) is 0 Å². The molecule has 1 aromatic rings. The van der Waals surface area contributed by atoms with Crippen LogP contribution in [0.4, 0.5) is 5.69 Å². The van der Waals surface area contributed by atoms with Gasteiger partial charge in [-0.2, -0.15) is 0 Å². The summed E-state index contributed by atoms with van der Waals surface area (Å²) in [7, 11) is 1.67. The zero-order chi connectivity index (χ0) is 12.1. The first-order valence-electron chi connectivity index (χ1n) is 6.32. The highest BCUT2D eigenvalue weighted by molar-refractivity contribution is 5.57. The monoisotopic (exact) mass is 235 g/mol. The summed E-state index contributed by atoms with van der Waals surface area (Å²) in [6.45, 7) is 0.186. The fourth-order valence-electron chi connectivity index (χ4n) is 2.58. The Morgan fingerprint density at radius 1 is 1.24 bits per heavy atom. The van der Waals surface area contributed by atoms with Gasteiger partial charge in [0.15, 0.2) is 0 Å². The second kappa shape index (κ2) is 5.41. The predicted octanol–water partition coefficient (Wildman–Crippen LogP) is 2.80. The van der Waals surface area contributed by atoms with Crippen molar-refractivity contribution in [1.29, 1.82) is 0 Å². The van der Waals surface area contributed by atoms with E-state index in [2.05, 4.69) is 5.32 Å². The van der Waals surface area contributed by atoms with Gasteiger partial charge in [-0.25, -0.2) is 0 Å². The number of aliphatic hydroxyl groups excluding tert-OH is 1. The van der Waals surface area contributed by atoms with Crippen LogP contribution in [0.3, 0.4) is 0 Å². The zero-order valence-electron chi connectivity index (χ0n) is 10.4. The third-order valence-corrected chi connectivity index (χ3v) is 3.62. The number of aliphatic hydroxyl groups is 1. The molecule has 0 saturated heterocycles. The molecule has 3 nitrogen and oxygen atoms in total. The number of anilines is 1. The molecular formula is C14H21NO2. The quantitative estimate of drug-likeness (QED) is 0.843. The summed E-state index contributed by atoms with van der Waals surface area (Å²) in [4.78, 5) is 0. The average molecular weight is 235 g/mol. The van der Waals surface area contributed by atoms with Crippen LogP contribution in [-0.4, -0.2) is 24.4 Å². The molecule has 0 unspecified atom stereocenters. The fourth-order valence-corrected chi connectivity index (χ4v) is 2.58. The molecular weight excluding hydrogens is 214 g/mol. The van der Waals surface area contributed by atoms with Gasteiger partial charge in [-0.1, -0.05) is 31.4 Å². The molecule has 0 aromatic heterocycles. The molecule has 0 aliphatic heterocycles. The van der Waals surface area contributed by atoms with Crippen molar-refractivity contribution in [3.63, 3.8) is 0 Å². The first-order chi connectivity index (χ1) is 8.29. The highest BCUT2D eigenvalue weighted by Crippen LogP contribution is 2.34. The number of nitrogens with one attached hydrogen (secondary N) is 1. The topological polar surface area (TPSA) is 41.5 Å². The Hall–Kier alpha value is -1.22. The maximum atomic E-state index is 9.66. The summed E-state index contributed by atoms with van der Waals surface area (Å²) in [5, 5.41) is 13.2. The van der Waals surface area contributed by atoms with Crippen LogP contribution >= 0.6 is 0 Å². The number of hydrogen-bond donors (Lipinski definition) is 2. The van der Waals surface area contributed by atoms with E-state index in [-0.39, 0.29) is 12.1 Å². The van der Waals surface area contributed by atoms with Gasteiger partial charge in [-0.05, 0) is 25.0 Å². The fraction of sp³-hybridized carbons (Fsp3) is 0.571. The molecule has 0 heterocycles. The molecule has 2 N–H and O–H groups in total. The largest absolute Gasteiger partial charge is 0.495 e. The van der Waals surface area contributed by atoms with Gasteiger partial charge in [0.1, 0.15) is 5.75 Å². The summed E-state index contributed by atoms with van der Waals surface area (Å²) in [5.74, 6) is 0.839. The van der Waals surface area contributed by atoms with Crippen LogP contribution < -0.4 is 10.1 Å². The Bertz CT molecular complexity index is 359. The lowest BCUT2D eigenvalue weighted by molar-refractivity contribution is 0.172. The van der Waals surface area contributed by atoms with Crippen LogP contribution in [0.2, 0.25) is 0 Å². The highest BCUT2D eigenvalue weighted by Gasteiger charge is 2.31. The molecule has 1 aromatic carbocycles. The number of methoxy groups -OCH3 is 1. The van der Waals surface area contributed by atoms with Gasteiger partial charge in [0.2, 0.25) is 0 Å². The zero-order valence-corrected chi connectivity index (χ0v) is 10.4. The Labute approximate surface area is 103 Å². The summed E-state index contributed by atoms with van der Waals surface area (Å²) < 4.78 is 5.33. The Balaban J connectivity index is 2.17. The average Bonchev–Trinajstić information content (AvgIpc) is 2.40. The molecule has 1 aliphatic rings. The van der Waals surface area contributed by atoms with E-state index in [4.69, 9.17) is 4.74 Å². The lowest BCUT2D eigenvalue weighted by atomic mass is 9.82. The van der Waals surface area contributed by atoms with Gasteiger partial charge >= 0.3 is 0 Å². The second-order valence-electron chi connectivity index (χ2n) is 4.82. The van der Waals surface area contributed by atoms with Crippen LogP contribution in [-0.2, 0) is 0 Å². The van der Waals surface area contributed by atoms with E-state index in [0.717, 1.165) is 24.3 Å². The summed E-state index contributed by atoms with van der Waals surface area (Å²) in [6, 6.07) is 7.89. The summed E-state index contributed by atoms with van der Waals surface area (Å²) in [5.41, 5.74) is 0.818. The van der Waals surface area contributed by atoms with E-state index in [9.17, 15) is 5.11 Å². The molecule has 1 saturated carbocycles. The van der Waals surface area contributed by atoms with Gasteiger partial charge in [0, 0.05) is 0 Å². The van der Waals surface area contributed by atoms with E-state index in [0.29, 0.717) is 0 Å². The minimum Gasteiger partial charge on any atom is -0.495 e. The first kappa shape index (κ1) is 12.2. The number of hydrogen-bond acceptors (Lipinski definition) is 3. The number of rotatable bonds is 4. The van der Waals surface area contributed by atoms with Crippen LogP contribution in [0.15, 0.2) is 24.3 Å². The SMILES string of the molecule is COc1ccccc1NC1(CO)CCCCC1. The highest BCUT2D eigenvalue weighted by atomic mass is 16.5. The minimum absolute atomic E-state index is 0.160. The maximum Gasteiger partial charge on any atom is 0.141 e. The molecule has 3 heteroatoms. The third kappa shape index (κ3) is 2.72. The molecule has 0 atom stereocenters. The molecule has 0 radical (unpaired) electrons. The lowest BCUT2D eigenvalue weighted by Gasteiger charge is -2.37. The normalized spacial score (nSPS) is 18.7. The number of para-hydroxylation sites is 2.